The number of benzene rings is 1. The largest absolute Gasteiger partial charge is 0.493 e. The van der Waals surface area contributed by atoms with Crippen LogP contribution >= 0.6 is 0 Å². The molecular weight excluding hydrogens is 356 g/mol. The van der Waals surface area contributed by atoms with E-state index in [1.165, 1.54) is 12.8 Å². The third-order valence-electron chi connectivity index (χ3n) is 5.38. The number of carbonyl (C=O) groups is 1. The second-order valence-corrected chi connectivity index (χ2v) is 7.35. The van der Waals surface area contributed by atoms with Crippen molar-refractivity contribution < 1.29 is 14.3 Å². The van der Waals surface area contributed by atoms with Gasteiger partial charge in [0.15, 0.2) is 11.5 Å². The van der Waals surface area contributed by atoms with Gasteiger partial charge in [0.25, 0.3) is 5.91 Å². The lowest BCUT2D eigenvalue weighted by molar-refractivity contribution is 0.0718. The molecule has 28 heavy (non-hydrogen) atoms. The first kappa shape index (κ1) is 18.5. The fourth-order valence-electron chi connectivity index (χ4n) is 3.58. The second-order valence-electron chi connectivity index (χ2n) is 7.35. The number of piperidine rings is 1. The van der Waals surface area contributed by atoms with Crippen molar-refractivity contribution >= 4 is 11.7 Å². The first-order valence-electron chi connectivity index (χ1n) is 9.78. The normalized spacial score (nSPS) is 17.3. The van der Waals surface area contributed by atoms with E-state index >= 15 is 0 Å². The second kappa shape index (κ2) is 8.04. The number of nitrogens with one attached hydrogen (secondary N) is 1. The summed E-state index contributed by atoms with van der Waals surface area (Å²) in [5, 5.41) is 3.51. The van der Waals surface area contributed by atoms with Gasteiger partial charge >= 0.3 is 0 Å². The number of hydrogen-bond donors (Lipinski definition) is 1. The number of amides is 1. The number of rotatable bonds is 6. The number of hydrogen-bond acceptors (Lipinski definition) is 6. The van der Waals surface area contributed by atoms with Gasteiger partial charge in [-0.2, -0.15) is 0 Å². The third kappa shape index (κ3) is 4.03. The maximum absolute atomic E-state index is 12.8. The highest BCUT2D eigenvalue weighted by Gasteiger charge is 2.27. The van der Waals surface area contributed by atoms with Crippen molar-refractivity contribution in [2.24, 2.45) is 0 Å². The lowest BCUT2D eigenvalue weighted by Crippen LogP contribution is -2.42. The molecule has 7 nitrogen and oxygen atoms in total. The van der Waals surface area contributed by atoms with Crippen molar-refractivity contribution in [3.63, 3.8) is 0 Å². The van der Waals surface area contributed by atoms with Gasteiger partial charge in [-0.1, -0.05) is 0 Å². The molecule has 0 bridgehead atoms. The summed E-state index contributed by atoms with van der Waals surface area (Å²) < 4.78 is 10.6. The summed E-state index contributed by atoms with van der Waals surface area (Å²) in [7, 11) is 3.16. The molecule has 2 fully saturated rings. The van der Waals surface area contributed by atoms with E-state index in [9.17, 15) is 4.79 Å². The van der Waals surface area contributed by atoms with Crippen LogP contribution in [0.4, 0.5) is 5.82 Å². The fourth-order valence-corrected chi connectivity index (χ4v) is 3.58. The van der Waals surface area contributed by atoms with Crippen LogP contribution in [0, 0.1) is 0 Å². The van der Waals surface area contributed by atoms with Crippen LogP contribution in [-0.4, -0.2) is 54.1 Å². The smallest absolute Gasteiger partial charge is 0.253 e. The summed E-state index contributed by atoms with van der Waals surface area (Å²) in [5.41, 5.74) is 0.619. The third-order valence-corrected chi connectivity index (χ3v) is 5.38. The Morgan fingerprint density at radius 1 is 1.07 bits per heavy atom. The monoisotopic (exact) mass is 382 g/mol. The molecule has 148 valence electrons. The maximum Gasteiger partial charge on any atom is 0.253 e. The van der Waals surface area contributed by atoms with Crippen molar-refractivity contribution in [1.82, 2.24) is 14.9 Å². The summed E-state index contributed by atoms with van der Waals surface area (Å²) >= 11 is 0. The van der Waals surface area contributed by atoms with Crippen molar-refractivity contribution in [3.8, 4) is 11.5 Å². The molecule has 0 spiro atoms. The molecule has 1 N–H and O–H groups in total. The van der Waals surface area contributed by atoms with Gasteiger partial charge in [0.1, 0.15) is 11.6 Å². The van der Waals surface area contributed by atoms with Crippen LogP contribution in [0.25, 0.3) is 0 Å². The van der Waals surface area contributed by atoms with Crippen LogP contribution in [0.5, 0.6) is 11.5 Å². The molecule has 2 aromatic rings. The van der Waals surface area contributed by atoms with Crippen molar-refractivity contribution in [2.45, 2.75) is 37.6 Å². The van der Waals surface area contributed by atoms with E-state index in [0.717, 1.165) is 24.5 Å². The average Bonchev–Trinajstić information content (AvgIpc) is 3.59. The Morgan fingerprint density at radius 3 is 2.50 bits per heavy atom. The van der Waals surface area contributed by atoms with E-state index in [4.69, 9.17) is 9.47 Å². The van der Waals surface area contributed by atoms with Crippen LogP contribution in [0.1, 0.15) is 47.8 Å². The van der Waals surface area contributed by atoms with Gasteiger partial charge in [-0.05, 0) is 49.9 Å². The molecule has 1 aliphatic heterocycles. The van der Waals surface area contributed by atoms with E-state index in [-0.39, 0.29) is 5.91 Å². The van der Waals surface area contributed by atoms with Gasteiger partial charge in [-0.25, -0.2) is 9.97 Å². The summed E-state index contributed by atoms with van der Waals surface area (Å²) in [4.78, 5) is 23.7. The minimum absolute atomic E-state index is 0.0254. The number of aromatic nitrogens is 2. The standard InChI is InChI=1S/C21H26N4O3/c1-27-17-6-5-15(13-18(17)28-2)21(26)25-11-8-16(9-12-25)23-19-7-10-22-20(24-19)14-3-4-14/h5-7,10,13-14,16H,3-4,8-9,11-12H2,1-2H3,(H,22,23,24). The predicted octanol–water partition coefficient (Wildman–Crippen LogP) is 3.09. The molecule has 7 heteroatoms. The van der Waals surface area contributed by atoms with Crippen LogP contribution < -0.4 is 14.8 Å². The van der Waals surface area contributed by atoms with E-state index in [1.54, 1.807) is 32.4 Å². The molecular formula is C21H26N4O3. The molecule has 2 heterocycles. The highest BCUT2D eigenvalue weighted by atomic mass is 16.5. The van der Waals surface area contributed by atoms with E-state index in [0.29, 0.717) is 42.1 Å². The van der Waals surface area contributed by atoms with E-state index in [2.05, 4.69) is 15.3 Å². The van der Waals surface area contributed by atoms with Gasteiger partial charge in [0, 0.05) is 36.8 Å². The fraction of sp³-hybridized carbons (Fsp3) is 0.476. The van der Waals surface area contributed by atoms with Gasteiger partial charge in [0.05, 0.1) is 14.2 Å². The summed E-state index contributed by atoms with van der Waals surface area (Å²) in [6, 6.07) is 7.54. The zero-order valence-corrected chi connectivity index (χ0v) is 16.4. The molecule has 0 atom stereocenters. The minimum Gasteiger partial charge on any atom is -0.493 e. The highest BCUT2D eigenvalue weighted by molar-refractivity contribution is 5.95. The minimum atomic E-state index is 0.0254. The Kier molecular flexibility index (Phi) is 5.32. The molecule has 0 radical (unpaired) electrons. The van der Waals surface area contributed by atoms with Gasteiger partial charge in [-0.3, -0.25) is 4.79 Å². The van der Waals surface area contributed by atoms with Crippen molar-refractivity contribution in [3.05, 3.63) is 41.9 Å². The topological polar surface area (TPSA) is 76.6 Å². The van der Waals surface area contributed by atoms with E-state index < -0.39 is 0 Å². The zero-order chi connectivity index (χ0) is 19.5. The number of carbonyl (C=O) groups excluding carboxylic acids is 1. The molecule has 1 amide bonds. The number of ether oxygens (including phenoxy) is 2. The molecule has 4 rings (SSSR count). The number of methoxy groups -OCH3 is 2. The van der Waals surface area contributed by atoms with Crippen LogP contribution in [0.2, 0.25) is 0 Å². The van der Waals surface area contributed by atoms with Gasteiger partial charge in [-0.15, -0.1) is 0 Å². The number of anilines is 1. The molecule has 1 saturated heterocycles. The van der Waals surface area contributed by atoms with E-state index in [1.807, 2.05) is 17.2 Å². The Morgan fingerprint density at radius 2 is 1.82 bits per heavy atom. The van der Waals surface area contributed by atoms with Crippen LogP contribution in [0.15, 0.2) is 30.5 Å². The van der Waals surface area contributed by atoms with Gasteiger partial charge < -0.3 is 19.7 Å². The Hall–Kier alpha value is -2.83. The lowest BCUT2D eigenvalue weighted by Gasteiger charge is -2.32. The Labute approximate surface area is 165 Å². The first-order chi connectivity index (χ1) is 13.7. The highest BCUT2D eigenvalue weighted by Crippen LogP contribution is 2.38. The van der Waals surface area contributed by atoms with Crippen LogP contribution in [0.3, 0.4) is 0 Å². The molecule has 1 aromatic heterocycles. The average molecular weight is 382 g/mol. The van der Waals surface area contributed by atoms with Crippen molar-refractivity contribution in [2.75, 3.05) is 32.6 Å². The zero-order valence-electron chi connectivity index (χ0n) is 16.4. The van der Waals surface area contributed by atoms with Crippen LogP contribution in [-0.2, 0) is 0 Å². The maximum atomic E-state index is 12.8. The molecule has 1 aliphatic carbocycles. The van der Waals surface area contributed by atoms with Gasteiger partial charge in [0.2, 0.25) is 0 Å². The summed E-state index contributed by atoms with van der Waals surface area (Å²) in [6.45, 7) is 1.43. The number of nitrogens with zero attached hydrogens (tertiary/aromatic N) is 3. The lowest BCUT2D eigenvalue weighted by atomic mass is 10.0. The molecule has 1 saturated carbocycles. The molecule has 0 unspecified atom stereocenters. The quantitative estimate of drug-likeness (QED) is 0.827. The SMILES string of the molecule is COc1ccc(C(=O)N2CCC(Nc3ccnc(C4CC4)n3)CC2)cc1OC. The number of likely N-dealkylation sites (tertiary alicyclic amines) is 1. The summed E-state index contributed by atoms with van der Waals surface area (Å²) in [5.74, 6) is 3.60. The summed E-state index contributed by atoms with van der Waals surface area (Å²) in [6.07, 6.45) is 6.00. The van der Waals surface area contributed by atoms with Crippen molar-refractivity contribution in [1.29, 1.82) is 0 Å². The molecule has 1 aromatic carbocycles. The first-order valence-corrected chi connectivity index (χ1v) is 9.78. The Bertz CT molecular complexity index is 845. The predicted molar refractivity (Wildman–Crippen MR) is 106 cm³/mol. The molecule has 2 aliphatic rings. The Balaban J connectivity index is 1.34.